The van der Waals surface area contributed by atoms with Gasteiger partial charge in [0.15, 0.2) is 0 Å². The van der Waals surface area contributed by atoms with E-state index in [4.69, 9.17) is 9.47 Å². The molecule has 132 valence electrons. The quantitative estimate of drug-likeness (QED) is 0.773. The highest BCUT2D eigenvalue weighted by Gasteiger charge is 2.43. The molecule has 1 atom stereocenters. The molecule has 24 heavy (non-hydrogen) atoms. The third-order valence-corrected chi connectivity index (χ3v) is 4.92. The van der Waals surface area contributed by atoms with E-state index in [0.29, 0.717) is 19.0 Å². The van der Waals surface area contributed by atoms with Crippen LogP contribution in [-0.4, -0.2) is 35.3 Å². The number of carbonyl (C=O) groups excluding carboxylic acids is 1. The van der Waals surface area contributed by atoms with E-state index >= 15 is 0 Å². The van der Waals surface area contributed by atoms with Crippen molar-refractivity contribution in [2.24, 2.45) is 5.92 Å². The highest BCUT2D eigenvalue weighted by Crippen LogP contribution is 2.42. The van der Waals surface area contributed by atoms with E-state index in [0.717, 1.165) is 30.6 Å². The third-order valence-electron chi connectivity index (χ3n) is 4.92. The maximum Gasteiger partial charge on any atom is 0.410 e. The Morgan fingerprint density at radius 2 is 2.00 bits per heavy atom. The SMILES string of the molecule is CC(C)(C)OC(=O)N1CCC(C2(C)Cc3cc(F)ccc3O2)CC1. The number of amides is 1. The Morgan fingerprint density at radius 3 is 2.62 bits per heavy atom. The molecule has 0 bridgehead atoms. The van der Waals surface area contributed by atoms with Gasteiger partial charge in [0.05, 0.1) is 0 Å². The van der Waals surface area contributed by atoms with Crippen molar-refractivity contribution in [2.45, 2.75) is 58.2 Å². The van der Waals surface area contributed by atoms with Gasteiger partial charge in [-0.2, -0.15) is 0 Å². The zero-order valence-corrected chi connectivity index (χ0v) is 14.9. The lowest BCUT2D eigenvalue weighted by molar-refractivity contribution is -0.00822. The van der Waals surface area contributed by atoms with Gasteiger partial charge in [-0.15, -0.1) is 0 Å². The molecule has 0 saturated carbocycles. The molecule has 1 aromatic carbocycles. The number of likely N-dealkylation sites (tertiary alicyclic amines) is 1. The molecule has 2 heterocycles. The van der Waals surface area contributed by atoms with Gasteiger partial charge in [-0.3, -0.25) is 0 Å². The average Bonchev–Trinajstić information content (AvgIpc) is 2.82. The highest BCUT2D eigenvalue weighted by atomic mass is 19.1. The zero-order valence-electron chi connectivity index (χ0n) is 14.9. The number of rotatable bonds is 1. The number of piperidine rings is 1. The van der Waals surface area contributed by atoms with Crippen molar-refractivity contribution < 1.29 is 18.7 Å². The second-order valence-corrected chi connectivity index (χ2v) is 8.09. The van der Waals surface area contributed by atoms with E-state index in [-0.39, 0.29) is 17.5 Å². The van der Waals surface area contributed by atoms with Gasteiger partial charge < -0.3 is 14.4 Å². The summed E-state index contributed by atoms with van der Waals surface area (Å²) in [6, 6.07) is 4.72. The van der Waals surface area contributed by atoms with Crippen LogP contribution in [-0.2, 0) is 11.2 Å². The first-order valence-corrected chi connectivity index (χ1v) is 8.62. The zero-order chi connectivity index (χ0) is 17.5. The lowest BCUT2D eigenvalue weighted by Gasteiger charge is -2.40. The van der Waals surface area contributed by atoms with Gasteiger partial charge in [0.1, 0.15) is 22.8 Å². The molecule has 2 aliphatic rings. The minimum atomic E-state index is -0.472. The average molecular weight is 335 g/mol. The Bertz CT molecular complexity index is 632. The van der Waals surface area contributed by atoms with Crippen LogP contribution in [0.4, 0.5) is 9.18 Å². The summed E-state index contributed by atoms with van der Waals surface area (Å²) in [4.78, 5) is 13.9. The van der Waals surface area contributed by atoms with E-state index in [1.807, 2.05) is 20.8 Å². The standard InChI is InChI=1S/C19H26FNO3/c1-18(2,3)24-17(22)21-9-7-14(8-10-21)19(4)12-13-11-15(20)5-6-16(13)23-19/h5-6,11,14H,7-10,12H2,1-4H3. The first-order valence-electron chi connectivity index (χ1n) is 8.62. The van der Waals surface area contributed by atoms with Gasteiger partial charge in [0.25, 0.3) is 0 Å². The van der Waals surface area contributed by atoms with Crippen molar-refractivity contribution in [3.63, 3.8) is 0 Å². The minimum absolute atomic E-state index is 0.221. The van der Waals surface area contributed by atoms with E-state index in [2.05, 4.69) is 6.92 Å². The van der Waals surface area contributed by atoms with Gasteiger partial charge in [-0.05, 0) is 58.7 Å². The highest BCUT2D eigenvalue weighted by molar-refractivity contribution is 5.68. The number of benzene rings is 1. The van der Waals surface area contributed by atoms with Crippen LogP contribution < -0.4 is 4.74 Å². The lowest BCUT2D eigenvalue weighted by Crippen LogP contribution is -2.48. The topological polar surface area (TPSA) is 38.8 Å². The Balaban J connectivity index is 1.60. The maximum atomic E-state index is 13.4. The van der Waals surface area contributed by atoms with Gasteiger partial charge in [0.2, 0.25) is 0 Å². The molecule has 1 amide bonds. The fraction of sp³-hybridized carbons (Fsp3) is 0.632. The largest absolute Gasteiger partial charge is 0.487 e. The van der Waals surface area contributed by atoms with Crippen LogP contribution in [0, 0.1) is 11.7 Å². The van der Waals surface area contributed by atoms with Crippen molar-refractivity contribution in [3.05, 3.63) is 29.6 Å². The van der Waals surface area contributed by atoms with Gasteiger partial charge in [-0.25, -0.2) is 9.18 Å². The summed E-state index contributed by atoms with van der Waals surface area (Å²) in [6.45, 7) is 9.06. The van der Waals surface area contributed by atoms with Gasteiger partial charge >= 0.3 is 6.09 Å². The first kappa shape index (κ1) is 17.1. The molecule has 4 nitrogen and oxygen atoms in total. The van der Waals surface area contributed by atoms with Gasteiger partial charge in [0, 0.05) is 31.0 Å². The summed E-state index contributed by atoms with van der Waals surface area (Å²) in [5.41, 5.74) is 0.142. The molecule has 1 saturated heterocycles. The number of halogens is 1. The Kier molecular flexibility index (Phi) is 4.22. The summed E-state index contributed by atoms with van der Waals surface area (Å²) < 4.78 is 25.0. The normalized spacial score (nSPS) is 24.5. The van der Waals surface area contributed by atoms with Crippen molar-refractivity contribution in [2.75, 3.05) is 13.1 Å². The van der Waals surface area contributed by atoms with Crippen molar-refractivity contribution >= 4 is 6.09 Å². The third kappa shape index (κ3) is 3.50. The summed E-state index contributed by atoms with van der Waals surface area (Å²) in [7, 11) is 0. The molecule has 3 rings (SSSR count). The number of ether oxygens (including phenoxy) is 2. The van der Waals surface area contributed by atoms with Crippen LogP contribution in [0.25, 0.3) is 0 Å². The summed E-state index contributed by atoms with van der Waals surface area (Å²) in [5.74, 6) is 0.904. The molecule has 5 heteroatoms. The van der Waals surface area contributed by atoms with Gasteiger partial charge in [-0.1, -0.05) is 0 Å². The van der Waals surface area contributed by atoms with Crippen LogP contribution in [0.5, 0.6) is 5.75 Å². The second kappa shape index (κ2) is 5.94. The predicted molar refractivity (Wildman–Crippen MR) is 89.7 cm³/mol. The van der Waals surface area contributed by atoms with E-state index < -0.39 is 5.60 Å². The molecule has 1 fully saturated rings. The molecule has 0 radical (unpaired) electrons. The first-order chi connectivity index (χ1) is 11.2. The summed E-state index contributed by atoms with van der Waals surface area (Å²) in [6.07, 6.45) is 2.21. The Morgan fingerprint density at radius 1 is 1.33 bits per heavy atom. The molecule has 0 aromatic heterocycles. The molecular weight excluding hydrogens is 309 g/mol. The van der Waals surface area contributed by atoms with Crippen LogP contribution in [0.1, 0.15) is 46.1 Å². The van der Waals surface area contributed by atoms with Crippen LogP contribution >= 0.6 is 0 Å². The fourth-order valence-corrected chi connectivity index (χ4v) is 3.68. The smallest absolute Gasteiger partial charge is 0.410 e. The second-order valence-electron chi connectivity index (χ2n) is 8.09. The number of hydrogen-bond donors (Lipinski definition) is 0. The van der Waals surface area contributed by atoms with Crippen molar-refractivity contribution in [1.29, 1.82) is 0 Å². The number of fused-ring (bicyclic) bond motifs is 1. The minimum Gasteiger partial charge on any atom is -0.487 e. The van der Waals surface area contributed by atoms with E-state index in [9.17, 15) is 9.18 Å². The van der Waals surface area contributed by atoms with Crippen LogP contribution in [0.15, 0.2) is 18.2 Å². The molecular formula is C19H26FNO3. The Hall–Kier alpha value is -1.78. The van der Waals surface area contributed by atoms with Crippen LogP contribution in [0.3, 0.4) is 0 Å². The number of carbonyl (C=O) groups is 1. The number of hydrogen-bond acceptors (Lipinski definition) is 3. The summed E-state index contributed by atoms with van der Waals surface area (Å²) in [5, 5.41) is 0. The molecule has 0 spiro atoms. The molecule has 1 aromatic rings. The molecule has 0 aliphatic carbocycles. The number of nitrogens with zero attached hydrogens (tertiary/aromatic N) is 1. The van der Waals surface area contributed by atoms with Crippen molar-refractivity contribution in [1.82, 2.24) is 4.90 Å². The molecule has 0 N–H and O–H groups in total. The van der Waals surface area contributed by atoms with E-state index in [1.165, 1.54) is 6.07 Å². The Labute approximate surface area is 142 Å². The van der Waals surface area contributed by atoms with Crippen molar-refractivity contribution in [3.8, 4) is 5.75 Å². The monoisotopic (exact) mass is 335 g/mol. The molecule has 1 unspecified atom stereocenters. The molecule has 2 aliphatic heterocycles. The summed E-state index contributed by atoms with van der Waals surface area (Å²) >= 11 is 0. The lowest BCUT2D eigenvalue weighted by atomic mass is 9.79. The van der Waals surface area contributed by atoms with Crippen LogP contribution in [0.2, 0.25) is 0 Å². The predicted octanol–water partition coefficient (Wildman–Crippen LogP) is 4.17. The maximum absolute atomic E-state index is 13.4. The van der Waals surface area contributed by atoms with E-state index in [1.54, 1.807) is 17.0 Å². The fourth-order valence-electron chi connectivity index (χ4n) is 3.68.